The Morgan fingerprint density at radius 1 is 1.13 bits per heavy atom. The zero-order chi connectivity index (χ0) is 21.7. The number of nitrogens with zero attached hydrogens (tertiary/aromatic N) is 3. The van der Waals surface area contributed by atoms with Crippen LogP contribution in [0.3, 0.4) is 0 Å². The third-order valence-electron chi connectivity index (χ3n) is 5.12. The molecule has 0 aliphatic rings. The number of aromatic amines is 1. The Balaban J connectivity index is 1.76. The summed E-state index contributed by atoms with van der Waals surface area (Å²) in [5, 5.41) is 3.33. The number of benzene rings is 1. The summed E-state index contributed by atoms with van der Waals surface area (Å²) in [7, 11) is 4.85. The number of H-pyrrole nitrogens is 1. The van der Waals surface area contributed by atoms with Crippen molar-refractivity contribution in [3.63, 3.8) is 0 Å². The SMILES string of the molecule is CCCCn1c(NCCCc2ccc(OC)c(OC)c2)nc2c1c(=O)[nH]c(=O)n2C. The van der Waals surface area contributed by atoms with Crippen LogP contribution in [0.2, 0.25) is 0 Å². The van der Waals surface area contributed by atoms with Gasteiger partial charge in [0.05, 0.1) is 14.2 Å². The van der Waals surface area contributed by atoms with Crippen molar-refractivity contribution in [1.29, 1.82) is 0 Å². The topological polar surface area (TPSA) is 103 Å². The number of ether oxygens (including phenoxy) is 2. The molecular formula is C21H29N5O4. The highest BCUT2D eigenvalue weighted by Crippen LogP contribution is 2.28. The van der Waals surface area contributed by atoms with Crippen LogP contribution in [-0.2, 0) is 20.0 Å². The van der Waals surface area contributed by atoms with E-state index in [-0.39, 0.29) is 0 Å². The average molecular weight is 415 g/mol. The summed E-state index contributed by atoms with van der Waals surface area (Å²) in [5.41, 5.74) is 1.09. The molecule has 3 rings (SSSR count). The lowest BCUT2D eigenvalue weighted by molar-refractivity contribution is 0.354. The first kappa shape index (κ1) is 21.5. The van der Waals surface area contributed by atoms with Crippen molar-refractivity contribution in [3.8, 4) is 11.5 Å². The van der Waals surface area contributed by atoms with Crippen LogP contribution >= 0.6 is 0 Å². The van der Waals surface area contributed by atoms with E-state index in [2.05, 4.69) is 22.2 Å². The molecule has 162 valence electrons. The lowest BCUT2D eigenvalue weighted by atomic mass is 10.1. The van der Waals surface area contributed by atoms with Crippen LogP contribution < -0.4 is 26.0 Å². The smallest absolute Gasteiger partial charge is 0.329 e. The van der Waals surface area contributed by atoms with Crippen molar-refractivity contribution in [2.24, 2.45) is 7.05 Å². The van der Waals surface area contributed by atoms with Crippen LogP contribution in [0.1, 0.15) is 31.7 Å². The van der Waals surface area contributed by atoms with E-state index in [9.17, 15) is 9.59 Å². The largest absolute Gasteiger partial charge is 0.493 e. The molecule has 0 aliphatic heterocycles. The van der Waals surface area contributed by atoms with Crippen LogP contribution in [0.15, 0.2) is 27.8 Å². The number of aromatic nitrogens is 4. The molecule has 0 saturated carbocycles. The Kier molecular flexibility index (Phi) is 6.81. The quantitative estimate of drug-likeness (QED) is 0.493. The van der Waals surface area contributed by atoms with E-state index >= 15 is 0 Å². The zero-order valence-electron chi connectivity index (χ0n) is 17.9. The van der Waals surface area contributed by atoms with E-state index in [1.54, 1.807) is 21.3 Å². The highest BCUT2D eigenvalue weighted by Gasteiger charge is 2.16. The summed E-state index contributed by atoms with van der Waals surface area (Å²) in [5.74, 6) is 2.03. The van der Waals surface area contributed by atoms with Crippen LogP contribution in [0.4, 0.5) is 5.95 Å². The maximum atomic E-state index is 12.4. The van der Waals surface area contributed by atoms with E-state index in [4.69, 9.17) is 9.47 Å². The van der Waals surface area contributed by atoms with E-state index < -0.39 is 11.2 Å². The molecule has 0 fully saturated rings. The zero-order valence-corrected chi connectivity index (χ0v) is 17.9. The summed E-state index contributed by atoms with van der Waals surface area (Å²) < 4.78 is 13.9. The summed E-state index contributed by atoms with van der Waals surface area (Å²) in [6, 6.07) is 5.90. The van der Waals surface area contributed by atoms with Gasteiger partial charge >= 0.3 is 5.69 Å². The minimum Gasteiger partial charge on any atom is -0.493 e. The van der Waals surface area contributed by atoms with Crippen molar-refractivity contribution in [2.45, 2.75) is 39.2 Å². The third kappa shape index (κ3) is 4.34. The van der Waals surface area contributed by atoms with Crippen LogP contribution in [0.5, 0.6) is 11.5 Å². The van der Waals surface area contributed by atoms with Gasteiger partial charge in [-0.2, -0.15) is 4.98 Å². The Morgan fingerprint density at radius 2 is 1.90 bits per heavy atom. The number of rotatable bonds is 10. The Morgan fingerprint density at radius 3 is 2.60 bits per heavy atom. The summed E-state index contributed by atoms with van der Waals surface area (Å²) in [6.45, 7) is 3.43. The van der Waals surface area contributed by atoms with Gasteiger partial charge in [0.2, 0.25) is 5.95 Å². The lowest BCUT2D eigenvalue weighted by Crippen LogP contribution is -2.29. The molecule has 0 spiro atoms. The predicted molar refractivity (Wildman–Crippen MR) is 117 cm³/mol. The van der Waals surface area contributed by atoms with Crippen molar-refractivity contribution in [3.05, 3.63) is 44.6 Å². The molecule has 2 aromatic heterocycles. The van der Waals surface area contributed by atoms with Gasteiger partial charge in [-0.05, 0) is 37.0 Å². The molecule has 9 heteroatoms. The molecule has 1 aromatic carbocycles. The number of anilines is 1. The van der Waals surface area contributed by atoms with Gasteiger partial charge in [0.25, 0.3) is 5.56 Å². The fraction of sp³-hybridized carbons (Fsp3) is 0.476. The minimum atomic E-state index is -0.465. The molecular weight excluding hydrogens is 386 g/mol. The van der Waals surface area contributed by atoms with Crippen molar-refractivity contribution in [1.82, 2.24) is 19.1 Å². The van der Waals surface area contributed by atoms with E-state index in [1.165, 1.54) is 4.57 Å². The molecule has 2 heterocycles. The van der Waals surface area contributed by atoms with Gasteiger partial charge in [0, 0.05) is 20.1 Å². The summed E-state index contributed by atoms with van der Waals surface area (Å²) in [6.07, 6.45) is 3.61. The number of fused-ring (bicyclic) bond motifs is 1. The fourth-order valence-electron chi connectivity index (χ4n) is 3.43. The maximum absolute atomic E-state index is 12.4. The molecule has 0 atom stereocenters. The first-order valence-corrected chi connectivity index (χ1v) is 10.1. The van der Waals surface area contributed by atoms with Gasteiger partial charge in [-0.25, -0.2) is 4.79 Å². The van der Waals surface area contributed by atoms with Crippen LogP contribution in [-0.4, -0.2) is 39.9 Å². The van der Waals surface area contributed by atoms with E-state index in [0.717, 1.165) is 31.2 Å². The lowest BCUT2D eigenvalue weighted by Gasteiger charge is -2.11. The van der Waals surface area contributed by atoms with Gasteiger partial charge in [-0.15, -0.1) is 0 Å². The van der Waals surface area contributed by atoms with Crippen LogP contribution in [0.25, 0.3) is 11.2 Å². The monoisotopic (exact) mass is 415 g/mol. The average Bonchev–Trinajstić information content (AvgIpc) is 3.12. The van der Waals surface area contributed by atoms with Gasteiger partial charge in [0.1, 0.15) is 0 Å². The Bertz CT molecular complexity index is 1130. The highest BCUT2D eigenvalue weighted by molar-refractivity contribution is 5.74. The van der Waals surface area contributed by atoms with Gasteiger partial charge in [-0.3, -0.25) is 14.3 Å². The van der Waals surface area contributed by atoms with Gasteiger partial charge in [0.15, 0.2) is 22.7 Å². The Hall–Kier alpha value is -3.23. The molecule has 0 unspecified atom stereocenters. The van der Waals surface area contributed by atoms with Gasteiger partial charge in [-0.1, -0.05) is 19.4 Å². The van der Waals surface area contributed by atoms with Crippen molar-refractivity contribution in [2.75, 3.05) is 26.1 Å². The number of hydrogen-bond acceptors (Lipinski definition) is 6. The molecule has 9 nitrogen and oxygen atoms in total. The van der Waals surface area contributed by atoms with E-state index in [1.807, 2.05) is 22.8 Å². The highest BCUT2D eigenvalue weighted by atomic mass is 16.5. The molecule has 30 heavy (non-hydrogen) atoms. The number of hydrogen-bond donors (Lipinski definition) is 2. The van der Waals surface area contributed by atoms with Crippen molar-refractivity contribution < 1.29 is 9.47 Å². The maximum Gasteiger partial charge on any atom is 0.329 e. The summed E-state index contributed by atoms with van der Waals surface area (Å²) in [4.78, 5) is 31.2. The predicted octanol–water partition coefficient (Wildman–Crippen LogP) is 2.29. The molecule has 0 radical (unpaired) electrons. The Labute approximate surface area is 174 Å². The van der Waals surface area contributed by atoms with Gasteiger partial charge < -0.3 is 19.4 Å². The molecule has 0 aliphatic carbocycles. The number of imidazole rings is 1. The summed E-state index contributed by atoms with van der Waals surface area (Å²) >= 11 is 0. The molecule has 2 N–H and O–H groups in total. The first-order chi connectivity index (χ1) is 14.5. The molecule has 0 amide bonds. The third-order valence-corrected chi connectivity index (χ3v) is 5.12. The van der Waals surface area contributed by atoms with E-state index in [0.29, 0.717) is 41.7 Å². The standard InChI is InChI=1S/C21H29N5O4/c1-5-6-12-26-17-18(25(2)21(28)24-19(17)27)23-20(26)22-11-7-8-14-9-10-15(29-3)16(13-14)30-4/h9-10,13H,5-8,11-12H2,1-4H3,(H,22,23)(H,24,27,28). The first-order valence-electron chi connectivity index (χ1n) is 10.1. The second-order valence-electron chi connectivity index (χ2n) is 7.15. The molecule has 3 aromatic rings. The number of nitrogens with one attached hydrogen (secondary N) is 2. The normalized spacial score (nSPS) is 11.1. The second kappa shape index (κ2) is 9.51. The number of methoxy groups -OCH3 is 2. The second-order valence-corrected chi connectivity index (χ2v) is 7.15. The van der Waals surface area contributed by atoms with Crippen molar-refractivity contribution >= 4 is 17.1 Å². The number of aryl methyl sites for hydroxylation is 3. The fourth-order valence-corrected chi connectivity index (χ4v) is 3.43. The molecule has 0 bridgehead atoms. The van der Waals surface area contributed by atoms with Crippen LogP contribution in [0, 0.1) is 0 Å². The number of unbranched alkanes of at least 4 members (excludes halogenated alkanes) is 1. The minimum absolute atomic E-state index is 0.391. The molecule has 0 saturated heterocycles.